The second-order valence-corrected chi connectivity index (χ2v) is 5.34. The van der Waals surface area contributed by atoms with Gasteiger partial charge in [-0.1, -0.05) is 33.2 Å². The Kier molecular flexibility index (Phi) is 4.24. The number of carbonyl (C=O) groups excluding carboxylic acids is 1. The lowest BCUT2D eigenvalue weighted by Crippen LogP contribution is -2.42. The maximum Gasteiger partial charge on any atom is 0.251 e. The van der Waals surface area contributed by atoms with Gasteiger partial charge >= 0.3 is 0 Å². The van der Waals surface area contributed by atoms with Gasteiger partial charge in [0.05, 0.1) is 6.04 Å². The summed E-state index contributed by atoms with van der Waals surface area (Å²) in [4.78, 5) is 12.1. The van der Waals surface area contributed by atoms with Gasteiger partial charge in [0.1, 0.15) is 0 Å². The molecule has 0 fully saturated rings. The molecule has 20 heavy (non-hydrogen) atoms. The van der Waals surface area contributed by atoms with Crippen LogP contribution in [0.3, 0.4) is 0 Å². The Morgan fingerprint density at radius 1 is 1.30 bits per heavy atom. The van der Waals surface area contributed by atoms with Gasteiger partial charge in [-0.15, -0.1) is 0 Å². The van der Waals surface area contributed by atoms with E-state index in [0.29, 0.717) is 5.56 Å². The molecule has 1 unspecified atom stereocenters. The molecular weight excluding hydrogens is 322 g/mol. The van der Waals surface area contributed by atoms with Crippen molar-refractivity contribution < 1.29 is 10.0 Å². The number of nitrogens with one attached hydrogen (secondary N) is 1. The van der Waals surface area contributed by atoms with Crippen LogP contribution >= 0.6 is 15.9 Å². The molecule has 6 heteroatoms. The predicted octanol–water partition coefficient (Wildman–Crippen LogP) is 2.47. The largest absolute Gasteiger partial charge is 0.409 e. The van der Waals surface area contributed by atoms with Crippen molar-refractivity contribution in [3.63, 3.8) is 0 Å². The summed E-state index contributed by atoms with van der Waals surface area (Å²) >= 11 is 3.41. The first kappa shape index (κ1) is 14.3. The quantitative estimate of drug-likeness (QED) is 0.348. The van der Waals surface area contributed by atoms with E-state index in [9.17, 15) is 4.79 Å². The fourth-order valence-electron chi connectivity index (χ4n) is 1.80. The normalized spacial score (nSPS) is 13.2. The second-order valence-electron chi connectivity index (χ2n) is 4.43. The monoisotopic (exact) mass is 335 g/mol. The van der Waals surface area contributed by atoms with Gasteiger partial charge < -0.3 is 16.3 Å². The summed E-state index contributed by atoms with van der Waals surface area (Å²) in [6.07, 6.45) is 0. The molecule has 0 aliphatic carbocycles. The molecule has 4 N–H and O–H groups in total. The van der Waals surface area contributed by atoms with Crippen LogP contribution in [0.5, 0.6) is 0 Å². The second kappa shape index (κ2) is 5.92. The van der Waals surface area contributed by atoms with Gasteiger partial charge in [-0.2, -0.15) is 0 Å². The zero-order valence-corrected chi connectivity index (χ0v) is 12.4. The first-order valence-electron chi connectivity index (χ1n) is 5.99. The van der Waals surface area contributed by atoms with Crippen molar-refractivity contribution in [1.29, 1.82) is 0 Å². The van der Waals surface area contributed by atoms with E-state index in [4.69, 9.17) is 10.9 Å². The summed E-state index contributed by atoms with van der Waals surface area (Å²) < 4.78 is 0.989. The lowest BCUT2D eigenvalue weighted by atomic mass is 10.1. The van der Waals surface area contributed by atoms with Gasteiger partial charge in [0.2, 0.25) is 0 Å². The summed E-state index contributed by atoms with van der Waals surface area (Å²) in [5.41, 5.74) is 5.96. The third kappa shape index (κ3) is 3.08. The number of oxime groups is 1. The minimum absolute atomic E-state index is 0.0388. The van der Waals surface area contributed by atoms with Crippen LogP contribution < -0.4 is 11.1 Å². The molecule has 5 nitrogen and oxygen atoms in total. The topological polar surface area (TPSA) is 87.7 Å². The molecule has 0 heterocycles. The molecular formula is C14H14BrN3O2. The number of carbonyl (C=O) groups is 1. The lowest BCUT2D eigenvalue weighted by Gasteiger charge is -2.12. The lowest BCUT2D eigenvalue weighted by molar-refractivity contribution is 0.0949. The van der Waals surface area contributed by atoms with Crippen molar-refractivity contribution in [3.8, 4) is 0 Å². The van der Waals surface area contributed by atoms with Gasteiger partial charge in [0.15, 0.2) is 5.84 Å². The zero-order chi connectivity index (χ0) is 14.7. The third-order valence-electron chi connectivity index (χ3n) is 2.97. The van der Waals surface area contributed by atoms with Crippen LogP contribution in [0.4, 0.5) is 0 Å². The number of nitrogens with zero attached hydrogens (tertiary/aromatic N) is 1. The van der Waals surface area contributed by atoms with Crippen molar-refractivity contribution in [2.24, 2.45) is 10.9 Å². The number of amidine groups is 1. The smallest absolute Gasteiger partial charge is 0.251 e. The summed E-state index contributed by atoms with van der Waals surface area (Å²) in [7, 11) is 0. The Morgan fingerprint density at radius 3 is 2.65 bits per heavy atom. The molecule has 0 aromatic heterocycles. The standard InChI is InChI=1S/C14H14BrN3O2/c1-8(13(16)18-20)17-14(19)11-3-2-10-7-12(15)5-4-9(10)6-11/h2-8,20H,1H3,(H2,16,18)(H,17,19). The van der Waals surface area contributed by atoms with Gasteiger partial charge in [0.25, 0.3) is 5.91 Å². The minimum Gasteiger partial charge on any atom is -0.409 e. The Hall–Kier alpha value is -2.08. The van der Waals surface area contributed by atoms with Crippen molar-refractivity contribution in [3.05, 3.63) is 46.4 Å². The first-order valence-corrected chi connectivity index (χ1v) is 6.78. The van der Waals surface area contributed by atoms with Crippen molar-refractivity contribution in [2.45, 2.75) is 13.0 Å². The number of halogens is 1. The van der Waals surface area contributed by atoms with E-state index in [1.54, 1.807) is 19.1 Å². The van der Waals surface area contributed by atoms with Crippen LogP contribution in [0.1, 0.15) is 17.3 Å². The van der Waals surface area contributed by atoms with E-state index in [1.165, 1.54) is 0 Å². The fourth-order valence-corrected chi connectivity index (χ4v) is 2.18. The van der Waals surface area contributed by atoms with E-state index >= 15 is 0 Å². The van der Waals surface area contributed by atoms with Crippen molar-refractivity contribution >= 4 is 38.4 Å². The van der Waals surface area contributed by atoms with Crippen molar-refractivity contribution in [1.82, 2.24) is 5.32 Å². The Balaban J connectivity index is 2.25. The molecule has 104 valence electrons. The summed E-state index contributed by atoms with van der Waals surface area (Å²) in [5.74, 6) is -0.308. The number of hydrogen-bond acceptors (Lipinski definition) is 3. The highest BCUT2D eigenvalue weighted by Crippen LogP contribution is 2.21. The van der Waals surface area contributed by atoms with Gasteiger partial charge in [-0.25, -0.2) is 0 Å². The summed E-state index contributed by atoms with van der Waals surface area (Å²) in [5, 5.41) is 16.1. The molecule has 0 saturated heterocycles. The molecule has 2 aromatic rings. The summed E-state index contributed by atoms with van der Waals surface area (Å²) in [6.45, 7) is 1.64. The Labute approximate surface area is 124 Å². The minimum atomic E-state index is -0.534. The number of rotatable bonds is 3. The first-order chi connectivity index (χ1) is 9.51. The molecule has 1 amide bonds. The van der Waals surface area contributed by atoms with Gasteiger partial charge in [-0.3, -0.25) is 4.79 Å². The van der Waals surface area contributed by atoms with E-state index in [1.807, 2.05) is 24.3 Å². The maximum absolute atomic E-state index is 12.1. The number of nitrogens with two attached hydrogens (primary N) is 1. The summed E-state index contributed by atoms with van der Waals surface area (Å²) in [6, 6.07) is 10.7. The molecule has 1 atom stereocenters. The van der Waals surface area contributed by atoms with Crippen LogP contribution in [-0.2, 0) is 0 Å². The van der Waals surface area contributed by atoms with Crippen LogP contribution in [-0.4, -0.2) is 23.0 Å². The van der Waals surface area contributed by atoms with Crippen LogP contribution in [0.25, 0.3) is 10.8 Å². The highest BCUT2D eigenvalue weighted by Gasteiger charge is 2.13. The average Bonchev–Trinajstić information content (AvgIpc) is 2.45. The molecule has 0 spiro atoms. The molecule has 0 aliphatic heterocycles. The number of hydrogen-bond donors (Lipinski definition) is 3. The highest BCUT2D eigenvalue weighted by molar-refractivity contribution is 9.10. The molecule has 2 rings (SSSR count). The molecule has 0 radical (unpaired) electrons. The predicted molar refractivity (Wildman–Crippen MR) is 82.0 cm³/mol. The third-order valence-corrected chi connectivity index (χ3v) is 3.46. The SMILES string of the molecule is CC(NC(=O)c1ccc2cc(Br)ccc2c1)/C(N)=N/O. The molecule has 0 saturated carbocycles. The highest BCUT2D eigenvalue weighted by atomic mass is 79.9. The Morgan fingerprint density at radius 2 is 1.95 bits per heavy atom. The van der Waals surface area contributed by atoms with Gasteiger partial charge in [0, 0.05) is 10.0 Å². The fraction of sp³-hybridized carbons (Fsp3) is 0.143. The van der Waals surface area contributed by atoms with Gasteiger partial charge in [-0.05, 0) is 42.0 Å². The van der Waals surface area contributed by atoms with Crippen molar-refractivity contribution in [2.75, 3.05) is 0 Å². The average molecular weight is 336 g/mol. The van der Waals surface area contributed by atoms with Crippen LogP contribution in [0.15, 0.2) is 46.0 Å². The van der Waals surface area contributed by atoms with Crippen LogP contribution in [0.2, 0.25) is 0 Å². The molecule has 0 aliphatic rings. The zero-order valence-electron chi connectivity index (χ0n) is 10.8. The molecule has 0 bridgehead atoms. The molecule has 2 aromatic carbocycles. The van der Waals surface area contributed by atoms with Crippen LogP contribution in [0, 0.1) is 0 Å². The van der Waals surface area contributed by atoms with E-state index in [2.05, 4.69) is 26.4 Å². The number of amides is 1. The van der Waals surface area contributed by atoms with E-state index in [0.717, 1.165) is 15.2 Å². The van der Waals surface area contributed by atoms with E-state index in [-0.39, 0.29) is 11.7 Å². The number of benzene rings is 2. The number of fused-ring (bicyclic) bond motifs is 1. The maximum atomic E-state index is 12.1. The Bertz CT molecular complexity index is 685. The van der Waals surface area contributed by atoms with E-state index < -0.39 is 6.04 Å².